The van der Waals surface area contributed by atoms with Gasteiger partial charge >= 0.3 is 0 Å². The molecule has 0 aliphatic heterocycles. The first-order valence-electron chi connectivity index (χ1n) is 5.43. The van der Waals surface area contributed by atoms with E-state index in [1.54, 1.807) is 24.4 Å². The molecule has 2 rings (SSSR count). The highest BCUT2D eigenvalue weighted by Crippen LogP contribution is 2.23. The third-order valence-corrected chi connectivity index (χ3v) is 2.78. The predicted molar refractivity (Wildman–Crippen MR) is 69.5 cm³/mol. The predicted octanol–water partition coefficient (Wildman–Crippen LogP) is 3.49. The zero-order valence-corrected chi connectivity index (χ0v) is 10.6. The van der Waals surface area contributed by atoms with Crippen LogP contribution >= 0.6 is 11.6 Å². The molecule has 3 nitrogen and oxygen atoms in total. The summed E-state index contributed by atoms with van der Waals surface area (Å²) in [4.78, 5) is 4.23. The standard InChI is InChI=1S/C14H11ClN2O/c1-10-3-2-6-17-13(10)9-18-14-7-12(15)5-4-11(14)8-16/h2-7H,9H2,1H3. The Morgan fingerprint density at radius 3 is 2.94 bits per heavy atom. The maximum atomic E-state index is 8.97. The van der Waals surface area contributed by atoms with Gasteiger partial charge in [-0.2, -0.15) is 5.26 Å². The average Bonchev–Trinajstić information content (AvgIpc) is 2.38. The van der Waals surface area contributed by atoms with Gasteiger partial charge < -0.3 is 4.74 Å². The monoisotopic (exact) mass is 258 g/mol. The van der Waals surface area contributed by atoms with Crippen LogP contribution in [0.25, 0.3) is 0 Å². The van der Waals surface area contributed by atoms with Crippen molar-refractivity contribution in [1.82, 2.24) is 4.98 Å². The molecule has 0 atom stereocenters. The highest BCUT2D eigenvalue weighted by Gasteiger charge is 2.06. The van der Waals surface area contributed by atoms with E-state index in [1.165, 1.54) is 0 Å². The SMILES string of the molecule is Cc1cccnc1COc1cc(Cl)ccc1C#N. The maximum Gasteiger partial charge on any atom is 0.139 e. The lowest BCUT2D eigenvalue weighted by Gasteiger charge is -2.09. The van der Waals surface area contributed by atoms with Gasteiger partial charge in [-0.25, -0.2) is 0 Å². The molecule has 2 aromatic rings. The molecule has 0 saturated heterocycles. The van der Waals surface area contributed by atoms with Gasteiger partial charge in [0.2, 0.25) is 0 Å². The van der Waals surface area contributed by atoms with Crippen molar-refractivity contribution in [3.63, 3.8) is 0 Å². The number of benzene rings is 1. The molecule has 1 aromatic heterocycles. The van der Waals surface area contributed by atoms with Gasteiger partial charge in [-0.15, -0.1) is 0 Å². The smallest absolute Gasteiger partial charge is 0.139 e. The third kappa shape index (κ3) is 2.79. The van der Waals surface area contributed by atoms with Crippen molar-refractivity contribution >= 4 is 11.6 Å². The summed E-state index contributed by atoms with van der Waals surface area (Å²) in [5, 5.41) is 9.52. The van der Waals surface area contributed by atoms with Gasteiger partial charge in [0.15, 0.2) is 0 Å². The number of aryl methyl sites for hydroxylation is 1. The van der Waals surface area contributed by atoms with E-state index in [0.29, 0.717) is 22.9 Å². The molecule has 0 radical (unpaired) electrons. The molecule has 0 N–H and O–H groups in total. The van der Waals surface area contributed by atoms with Crippen LogP contribution in [0, 0.1) is 18.3 Å². The normalized spacial score (nSPS) is 9.83. The fraction of sp³-hybridized carbons (Fsp3) is 0.143. The van der Waals surface area contributed by atoms with Crippen LogP contribution in [0.4, 0.5) is 0 Å². The van der Waals surface area contributed by atoms with Gasteiger partial charge in [0, 0.05) is 17.3 Å². The van der Waals surface area contributed by atoms with E-state index < -0.39 is 0 Å². The summed E-state index contributed by atoms with van der Waals surface area (Å²) in [5.74, 6) is 0.482. The number of nitrogens with zero attached hydrogens (tertiary/aromatic N) is 2. The van der Waals surface area contributed by atoms with Crippen LogP contribution < -0.4 is 4.74 Å². The van der Waals surface area contributed by atoms with Crippen molar-refractivity contribution in [2.75, 3.05) is 0 Å². The number of pyridine rings is 1. The Labute approximate surface area is 111 Å². The summed E-state index contributed by atoms with van der Waals surface area (Å²) >= 11 is 5.88. The summed E-state index contributed by atoms with van der Waals surface area (Å²) in [7, 11) is 0. The molecule has 1 aromatic carbocycles. The van der Waals surface area contributed by atoms with Crippen molar-refractivity contribution < 1.29 is 4.74 Å². The van der Waals surface area contributed by atoms with E-state index >= 15 is 0 Å². The molecule has 4 heteroatoms. The molecule has 0 fully saturated rings. The van der Waals surface area contributed by atoms with Gasteiger partial charge in [-0.1, -0.05) is 17.7 Å². The Morgan fingerprint density at radius 2 is 2.22 bits per heavy atom. The quantitative estimate of drug-likeness (QED) is 0.847. The molecule has 0 spiro atoms. The number of aromatic nitrogens is 1. The van der Waals surface area contributed by atoms with Gasteiger partial charge in [-0.3, -0.25) is 4.98 Å². The molecular weight excluding hydrogens is 248 g/mol. The average molecular weight is 259 g/mol. The molecule has 1 heterocycles. The van der Waals surface area contributed by atoms with Crippen LogP contribution in [0.15, 0.2) is 36.5 Å². The molecule has 0 aliphatic carbocycles. The number of ether oxygens (including phenoxy) is 1. The van der Waals surface area contributed by atoms with Gasteiger partial charge in [0.1, 0.15) is 18.4 Å². The molecule has 0 aliphatic rings. The Balaban J connectivity index is 2.18. The van der Waals surface area contributed by atoms with Crippen LogP contribution in [0.1, 0.15) is 16.8 Å². The minimum Gasteiger partial charge on any atom is -0.486 e. The molecule has 18 heavy (non-hydrogen) atoms. The summed E-state index contributed by atoms with van der Waals surface area (Å²) in [5.41, 5.74) is 2.37. The van der Waals surface area contributed by atoms with E-state index in [9.17, 15) is 0 Å². The summed E-state index contributed by atoms with van der Waals surface area (Å²) in [6.45, 7) is 2.29. The lowest BCUT2D eigenvalue weighted by molar-refractivity contribution is 0.299. The van der Waals surface area contributed by atoms with Crippen LogP contribution in [0.2, 0.25) is 5.02 Å². The van der Waals surface area contributed by atoms with Crippen molar-refractivity contribution in [1.29, 1.82) is 5.26 Å². The highest BCUT2D eigenvalue weighted by atomic mass is 35.5. The number of halogens is 1. The van der Waals surface area contributed by atoms with Crippen LogP contribution in [0.3, 0.4) is 0 Å². The Bertz CT molecular complexity index is 605. The first-order chi connectivity index (χ1) is 8.70. The van der Waals surface area contributed by atoms with E-state index in [4.69, 9.17) is 21.6 Å². The zero-order valence-electron chi connectivity index (χ0n) is 9.85. The number of hydrogen-bond acceptors (Lipinski definition) is 3. The van der Waals surface area contributed by atoms with Crippen molar-refractivity contribution in [2.24, 2.45) is 0 Å². The fourth-order valence-corrected chi connectivity index (χ4v) is 1.69. The van der Waals surface area contributed by atoms with E-state index in [2.05, 4.69) is 11.1 Å². The molecular formula is C14H11ClN2O. The van der Waals surface area contributed by atoms with Crippen molar-refractivity contribution in [3.8, 4) is 11.8 Å². The lowest BCUT2D eigenvalue weighted by atomic mass is 10.2. The Kier molecular flexibility index (Phi) is 3.81. The van der Waals surface area contributed by atoms with E-state index in [1.807, 2.05) is 19.1 Å². The minimum atomic E-state index is 0.321. The second-order valence-electron chi connectivity index (χ2n) is 3.81. The lowest BCUT2D eigenvalue weighted by Crippen LogP contribution is -2.01. The molecule has 0 unspecified atom stereocenters. The Hall–Kier alpha value is -2.05. The van der Waals surface area contributed by atoms with E-state index in [-0.39, 0.29) is 0 Å². The summed E-state index contributed by atoms with van der Waals surface area (Å²) in [6.07, 6.45) is 1.72. The van der Waals surface area contributed by atoms with E-state index in [0.717, 1.165) is 11.3 Å². The summed E-state index contributed by atoms with van der Waals surface area (Å²) < 4.78 is 5.61. The number of nitriles is 1. The minimum absolute atomic E-state index is 0.321. The first kappa shape index (κ1) is 12.4. The van der Waals surface area contributed by atoms with Gasteiger partial charge in [-0.05, 0) is 30.7 Å². The fourth-order valence-electron chi connectivity index (χ4n) is 1.52. The molecule has 90 valence electrons. The number of hydrogen-bond donors (Lipinski definition) is 0. The zero-order chi connectivity index (χ0) is 13.0. The highest BCUT2D eigenvalue weighted by molar-refractivity contribution is 6.30. The third-order valence-electron chi connectivity index (χ3n) is 2.55. The maximum absolute atomic E-state index is 8.97. The molecule has 0 amide bonds. The molecule has 0 saturated carbocycles. The van der Waals surface area contributed by atoms with Gasteiger partial charge in [0.05, 0.1) is 11.3 Å². The van der Waals surface area contributed by atoms with Crippen LogP contribution in [-0.2, 0) is 6.61 Å². The van der Waals surface area contributed by atoms with Gasteiger partial charge in [0.25, 0.3) is 0 Å². The largest absolute Gasteiger partial charge is 0.486 e. The second-order valence-corrected chi connectivity index (χ2v) is 4.24. The molecule has 0 bridgehead atoms. The van der Waals surface area contributed by atoms with Crippen molar-refractivity contribution in [3.05, 3.63) is 58.4 Å². The van der Waals surface area contributed by atoms with Crippen LogP contribution in [-0.4, -0.2) is 4.98 Å². The van der Waals surface area contributed by atoms with Crippen molar-refractivity contribution in [2.45, 2.75) is 13.5 Å². The second kappa shape index (κ2) is 5.52. The number of rotatable bonds is 3. The topological polar surface area (TPSA) is 45.9 Å². The first-order valence-corrected chi connectivity index (χ1v) is 5.81. The Morgan fingerprint density at radius 1 is 1.39 bits per heavy atom. The summed E-state index contributed by atoms with van der Waals surface area (Å²) in [6, 6.07) is 10.9. The van der Waals surface area contributed by atoms with Crippen LogP contribution in [0.5, 0.6) is 5.75 Å².